The quantitative estimate of drug-likeness (QED) is 0.791. The molecule has 0 aliphatic rings. The Kier molecular flexibility index (Phi) is 6.14. The number of methoxy groups -OCH3 is 1. The Balaban J connectivity index is 2.18. The van der Waals surface area contributed by atoms with Crippen molar-refractivity contribution in [1.29, 1.82) is 0 Å². The lowest BCUT2D eigenvalue weighted by Crippen LogP contribution is -2.15. The molecule has 1 amide bonds. The average molecular weight is 332 g/mol. The van der Waals surface area contributed by atoms with Crippen molar-refractivity contribution in [2.75, 3.05) is 44.6 Å². The van der Waals surface area contributed by atoms with Crippen LogP contribution >= 0.6 is 0 Å². The molecule has 128 valence electrons. The van der Waals surface area contributed by atoms with Crippen molar-refractivity contribution in [1.82, 2.24) is 0 Å². The minimum Gasteiger partial charge on any atom is -0.489 e. The molecule has 0 bridgehead atoms. The first-order valence-corrected chi connectivity index (χ1v) is 7.51. The van der Waals surface area contributed by atoms with Gasteiger partial charge in [0, 0.05) is 38.5 Å². The highest BCUT2D eigenvalue weighted by molar-refractivity contribution is 6.05. The molecule has 0 heterocycles. The lowest BCUT2D eigenvalue weighted by Gasteiger charge is -2.15. The van der Waals surface area contributed by atoms with E-state index in [4.69, 9.17) is 9.47 Å². The summed E-state index contributed by atoms with van der Waals surface area (Å²) in [5, 5.41) is 2.70. The van der Waals surface area contributed by atoms with Crippen LogP contribution in [0.15, 0.2) is 42.5 Å². The molecule has 2 aromatic carbocycles. The minimum absolute atomic E-state index is 0.284. The van der Waals surface area contributed by atoms with E-state index >= 15 is 0 Å². The van der Waals surface area contributed by atoms with Gasteiger partial charge in [0.05, 0.1) is 12.3 Å². The lowest BCUT2D eigenvalue weighted by molar-refractivity contribution is 0.102. The zero-order chi connectivity index (χ0) is 17.5. The van der Waals surface area contributed by atoms with E-state index in [0.29, 0.717) is 24.5 Å². The molecule has 0 fully saturated rings. The number of rotatable bonds is 7. The van der Waals surface area contributed by atoms with E-state index in [1.165, 1.54) is 18.2 Å². The summed E-state index contributed by atoms with van der Waals surface area (Å²) >= 11 is 0. The van der Waals surface area contributed by atoms with Crippen LogP contribution in [-0.4, -0.2) is 40.3 Å². The first-order valence-electron chi connectivity index (χ1n) is 7.51. The first-order chi connectivity index (χ1) is 11.5. The summed E-state index contributed by atoms with van der Waals surface area (Å²) in [4.78, 5) is 14.4. The molecular weight excluding hydrogens is 311 g/mol. The van der Waals surface area contributed by atoms with E-state index < -0.39 is 5.82 Å². The fourth-order valence-corrected chi connectivity index (χ4v) is 2.08. The van der Waals surface area contributed by atoms with Gasteiger partial charge in [-0.3, -0.25) is 4.79 Å². The van der Waals surface area contributed by atoms with Gasteiger partial charge in [0.2, 0.25) is 0 Å². The Hall–Kier alpha value is -2.60. The molecule has 24 heavy (non-hydrogen) atoms. The summed E-state index contributed by atoms with van der Waals surface area (Å²) in [5.74, 6) is -0.391. The lowest BCUT2D eigenvalue weighted by atomic mass is 10.1. The molecule has 0 saturated heterocycles. The number of carbonyl (C=O) groups excluding carboxylic acids is 1. The second-order valence-corrected chi connectivity index (χ2v) is 5.38. The van der Waals surface area contributed by atoms with Crippen molar-refractivity contribution in [2.24, 2.45) is 0 Å². The number of halogens is 1. The van der Waals surface area contributed by atoms with E-state index in [9.17, 15) is 9.18 Å². The molecule has 2 aromatic rings. The number of ether oxygens (including phenoxy) is 2. The molecule has 0 atom stereocenters. The van der Waals surface area contributed by atoms with Crippen molar-refractivity contribution in [2.45, 2.75) is 0 Å². The Morgan fingerprint density at radius 1 is 1.17 bits per heavy atom. The van der Waals surface area contributed by atoms with Crippen LogP contribution in [0.1, 0.15) is 10.4 Å². The topological polar surface area (TPSA) is 50.8 Å². The van der Waals surface area contributed by atoms with E-state index in [1.807, 2.05) is 25.1 Å². The zero-order valence-corrected chi connectivity index (χ0v) is 14.0. The Labute approximate surface area is 141 Å². The number of hydrogen-bond acceptors (Lipinski definition) is 4. The van der Waals surface area contributed by atoms with Gasteiger partial charge in [-0.1, -0.05) is 6.07 Å². The van der Waals surface area contributed by atoms with Crippen LogP contribution in [-0.2, 0) is 4.74 Å². The van der Waals surface area contributed by atoms with Gasteiger partial charge in [0.15, 0.2) is 0 Å². The summed E-state index contributed by atoms with van der Waals surface area (Å²) in [6.45, 7) is 0.705. The number of nitrogens with zero attached hydrogens (tertiary/aromatic N) is 1. The summed E-state index contributed by atoms with van der Waals surface area (Å²) in [6.07, 6.45) is 0. The van der Waals surface area contributed by atoms with E-state index in [2.05, 4.69) is 5.32 Å². The van der Waals surface area contributed by atoms with Crippen LogP contribution < -0.4 is 15.0 Å². The van der Waals surface area contributed by atoms with Crippen LogP contribution in [0.25, 0.3) is 0 Å². The predicted octanol–water partition coefficient (Wildman–Crippen LogP) is 3.17. The van der Waals surface area contributed by atoms with Gasteiger partial charge in [-0.2, -0.15) is 0 Å². The van der Waals surface area contributed by atoms with Crippen LogP contribution in [0.2, 0.25) is 0 Å². The smallest absolute Gasteiger partial charge is 0.255 e. The number of carbonyl (C=O) groups is 1. The highest BCUT2D eigenvalue weighted by atomic mass is 19.1. The van der Waals surface area contributed by atoms with Crippen LogP contribution in [0.5, 0.6) is 5.75 Å². The minimum atomic E-state index is -0.452. The van der Waals surface area contributed by atoms with Gasteiger partial charge in [0.1, 0.15) is 18.2 Å². The summed E-state index contributed by atoms with van der Waals surface area (Å²) in [6, 6.07) is 11.2. The number of amides is 1. The molecule has 0 spiro atoms. The Morgan fingerprint density at radius 2 is 1.96 bits per heavy atom. The molecule has 1 N–H and O–H groups in total. The largest absolute Gasteiger partial charge is 0.489 e. The maximum absolute atomic E-state index is 13.5. The van der Waals surface area contributed by atoms with Gasteiger partial charge < -0.3 is 19.7 Å². The van der Waals surface area contributed by atoms with Crippen molar-refractivity contribution in [3.8, 4) is 5.75 Å². The van der Waals surface area contributed by atoms with E-state index in [-0.39, 0.29) is 11.6 Å². The molecule has 0 aliphatic carbocycles. The average Bonchev–Trinajstić information content (AvgIpc) is 2.57. The molecule has 0 aliphatic heterocycles. The van der Waals surface area contributed by atoms with Gasteiger partial charge in [0.25, 0.3) is 5.91 Å². The summed E-state index contributed by atoms with van der Waals surface area (Å²) in [7, 11) is 5.35. The van der Waals surface area contributed by atoms with Crippen LogP contribution in [0, 0.1) is 5.82 Å². The second kappa shape index (κ2) is 8.31. The zero-order valence-electron chi connectivity index (χ0n) is 14.0. The first kappa shape index (κ1) is 17.7. The van der Waals surface area contributed by atoms with Gasteiger partial charge in [-0.25, -0.2) is 4.39 Å². The summed E-state index contributed by atoms with van der Waals surface area (Å²) < 4.78 is 24.0. The molecule has 0 unspecified atom stereocenters. The standard InChI is InChI=1S/C18H21FN2O3/c1-21(2)15-6-4-5-13(11-15)18(22)20-16-12-14(19)7-8-17(16)24-10-9-23-3/h4-8,11-12H,9-10H2,1-3H3,(H,20,22). The molecule has 6 heteroatoms. The number of benzene rings is 2. The highest BCUT2D eigenvalue weighted by Crippen LogP contribution is 2.26. The SMILES string of the molecule is COCCOc1ccc(F)cc1NC(=O)c1cccc(N(C)C)c1. The number of nitrogens with one attached hydrogen (secondary N) is 1. The predicted molar refractivity (Wildman–Crippen MR) is 92.5 cm³/mol. The van der Waals surface area contributed by atoms with E-state index in [1.54, 1.807) is 25.3 Å². The monoisotopic (exact) mass is 332 g/mol. The van der Waals surface area contributed by atoms with Crippen molar-refractivity contribution >= 4 is 17.3 Å². The van der Waals surface area contributed by atoms with Crippen molar-refractivity contribution in [3.63, 3.8) is 0 Å². The molecule has 5 nitrogen and oxygen atoms in total. The molecular formula is C18H21FN2O3. The van der Waals surface area contributed by atoms with Crippen molar-refractivity contribution in [3.05, 3.63) is 53.8 Å². The maximum Gasteiger partial charge on any atom is 0.255 e. The van der Waals surface area contributed by atoms with Gasteiger partial charge >= 0.3 is 0 Å². The molecule has 0 aromatic heterocycles. The van der Waals surface area contributed by atoms with Crippen molar-refractivity contribution < 1.29 is 18.7 Å². The third-order valence-electron chi connectivity index (χ3n) is 3.36. The molecule has 0 radical (unpaired) electrons. The Bertz CT molecular complexity index is 704. The fraction of sp³-hybridized carbons (Fsp3) is 0.278. The van der Waals surface area contributed by atoms with Gasteiger partial charge in [-0.05, 0) is 30.3 Å². The fourth-order valence-electron chi connectivity index (χ4n) is 2.08. The molecule has 0 saturated carbocycles. The Morgan fingerprint density at radius 3 is 2.67 bits per heavy atom. The normalized spacial score (nSPS) is 10.3. The molecule has 2 rings (SSSR count). The number of anilines is 2. The highest BCUT2D eigenvalue weighted by Gasteiger charge is 2.12. The maximum atomic E-state index is 13.5. The van der Waals surface area contributed by atoms with Crippen LogP contribution in [0.4, 0.5) is 15.8 Å². The second-order valence-electron chi connectivity index (χ2n) is 5.38. The van der Waals surface area contributed by atoms with Gasteiger partial charge in [-0.15, -0.1) is 0 Å². The number of hydrogen-bond donors (Lipinski definition) is 1. The van der Waals surface area contributed by atoms with Crippen LogP contribution in [0.3, 0.4) is 0 Å². The third kappa shape index (κ3) is 4.70. The van der Waals surface area contributed by atoms with E-state index in [0.717, 1.165) is 5.69 Å². The third-order valence-corrected chi connectivity index (χ3v) is 3.36. The summed E-state index contributed by atoms with van der Waals surface area (Å²) in [5.41, 5.74) is 1.66.